The first-order valence-corrected chi connectivity index (χ1v) is 6.36. The highest BCUT2D eigenvalue weighted by atomic mass is 79.9. The van der Waals surface area contributed by atoms with E-state index in [2.05, 4.69) is 45.1 Å². The summed E-state index contributed by atoms with van der Waals surface area (Å²) >= 11 is 3.41. The highest BCUT2D eigenvalue weighted by Gasteiger charge is 2.24. The number of halogens is 1. The van der Waals surface area contributed by atoms with E-state index in [1.807, 2.05) is 0 Å². The van der Waals surface area contributed by atoms with Gasteiger partial charge in [0.2, 0.25) is 0 Å². The quantitative estimate of drug-likeness (QED) is 0.843. The van der Waals surface area contributed by atoms with Crippen molar-refractivity contribution in [1.29, 1.82) is 0 Å². The van der Waals surface area contributed by atoms with Crippen LogP contribution in [0.3, 0.4) is 0 Å². The number of hydrogen-bond acceptors (Lipinski definition) is 4. The van der Waals surface area contributed by atoms with Gasteiger partial charge in [-0.05, 0) is 40.7 Å². The topological polar surface area (TPSA) is 63.8 Å². The van der Waals surface area contributed by atoms with Crippen LogP contribution in [0.4, 0.5) is 5.82 Å². The van der Waals surface area contributed by atoms with Gasteiger partial charge in [-0.3, -0.25) is 0 Å². The third-order valence-electron chi connectivity index (χ3n) is 3.23. The highest BCUT2D eigenvalue weighted by Crippen LogP contribution is 2.26. The van der Waals surface area contributed by atoms with Crippen LogP contribution in [0, 0.1) is 5.41 Å². The maximum atomic E-state index is 5.85. The van der Waals surface area contributed by atoms with Gasteiger partial charge in [-0.1, -0.05) is 13.8 Å². The molecule has 0 unspecified atom stereocenters. The number of nitrogens with two attached hydrogens (primary N) is 1. The first-order chi connectivity index (χ1) is 7.67. The summed E-state index contributed by atoms with van der Waals surface area (Å²) in [5, 5.41) is 3.33. The third-order valence-corrected chi connectivity index (χ3v) is 3.81. The number of nitrogens with one attached hydrogen (secondary N) is 1. The minimum atomic E-state index is 0.157. The summed E-state index contributed by atoms with van der Waals surface area (Å²) in [4.78, 5) is 8.10. The lowest BCUT2D eigenvalue weighted by atomic mass is 9.82. The highest BCUT2D eigenvalue weighted by molar-refractivity contribution is 9.10. The van der Waals surface area contributed by atoms with Gasteiger partial charge in [-0.2, -0.15) is 0 Å². The van der Waals surface area contributed by atoms with Crippen LogP contribution in [-0.2, 0) is 0 Å². The fourth-order valence-electron chi connectivity index (χ4n) is 1.57. The monoisotopic (exact) mass is 286 g/mol. The van der Waals surface area contributed by atoms with E-state index in [4.69, 9.17) is 5.73 Å². The van der Waals surface area contributed by atoms with Gasteiger partial charge in [-0.15, -0.1) is 0 Å². The van der Waals surface area contributed by atoms with E-state index in [1.165, 1.54) is 6.33 Å². The molecule has 0 fully saturated rings. The Hall–Kier alpha value is -0.680. The molecule has 1 heterocycles. The van der Waals surface area contributed by atoms with Gasteiger partial charge in [0, 0.05) is 12.7 Å². The summed E-state index contributed by atoms with van der Waals surface area (Å²) in [5.74, 6) is 0.828. The van der Waals surface area contributed by atoms with Crippen LogP contribution >= 0.6 is 15.9 Å². The van der Waals surface area contributed by atoms with Gasteiger partial charge in [-0.25, -0.2) is 9.97 Å². The van der Waals surface area contributed by atoms with Crippen molar-refractivity contribution in [3.05, 3.63) is 17.0 Å². The van der Waals surface area contributed by atoms with Crippen molar-refractivity contribution in [3.63, 3.8) is 0 Å². The Balaban J connectivity index is 2.66. The SMILES string of the molecule is CCC(CC)(CN)CNc1ncncc1Br. The first kappa shape index (κ1) is 13.4. The van der Waals surface area contributed by atoms with E-state index in [-0.39, 0.29) is 5.41 Å². The fourth-order valence-corrected chi connectivity index (χ4v) is 1.94. The number of rotatable bonds is 6. The van der Waals surface area contributed by atoms with Crippen LogP contribution < -0.4 is 11.1 Å². The molecule has 1 aromatic rings. The lowest BCUT2D eigenvalue weighted by molar-refractivity contribution is 0.294. The van der Waals surface area contributed by atoms with Crippen LogP contribution in [0.25, 0.3) is 0 Å². The molecule has 0 amide bonds. The Bertz CT molecular complexity index is 317. The lowest BCUT2D eigenvalue weighted by Gasteiger charge is -2.30. The smallest absolute Gasteiger partial charge is 0.143 e. The van der Waals surface area contributed by atoms with Gasteiger partial charge in [0.05, 0.1) is 4.47 Å². The van der Waals surface area contributed by atoms with Gasteiger partial charge in [0.15, 0.2) is 0 Å². The molecule has 0 aliphatic heterocycles. The van der Waals surface area contributed by atoms with Gasteiger partial charge in [0.25, 0.3) is 0 Å². The van der Waals surface area contributed by atoms with Crippen molar-refractivity contribution < 1.29 is 0 Å². The summed E-state index contributed by atoms with van der Waals surface area (Å²) < 4.78 is 0.883. The lowest BCUT2D eigenvalue weighted by Crippen LogP contribution is -2.36. The van der Waals surface area contributed by atoms with Crippen molar-refractivity contribution in [1.82, 2.24) is 9.97 Å². The minimum Gasteiger partial charge on any atom is -0.368 e. The number of aromatic nitrogens is 2. The number of anilines is 1. The summed E-state index contributed by atoms with van der Waals surface area (Å²) in [6.07, 6.45) is 5.40. The maximum absolute atomic E-state index is 5.85. The van der Waals surface area contributed by atoms with Crippen LogP contribution in [0.15, 0.2) is 17.0 Å². The molecule has 0 atom stereocenters. The van der Waals surface area contributed by atoms with E-state index in [9.17, 15) is 0 Å². The molecular formula is C11H19BrN4. The van der Waals surface area contributed by atoms with Crippen LogP contribution in [0.2, 0.25) is 0 Å². The third kappa shape index (κ3) is 3.15. The van der Waals surface area contributed by atoms with E-state index in [1.54, 1.807) is 6.20 Å². The summed E-state index contributed by atoms with van der Waals surface area (Å²) in [6.45, 7) is 5.88. The van der Waals surface area contributed by atoms with Gasteiger partial charge in [0.1, 0.15) is 12.1 Å². The van der Waals surface area contributed by atoms with Crippen molar-refractivity contribution in [2.45, 2.75) is 26.7 Å². The molecule has 0 aromatic carbocycles. The molecule has 5 heteroatoms. The van der Waals surface area contributed by atoms with Crippen molar-refractivity contribution in [2.75, 3.05) is 18.4 Å². The average Bonchev–Trinajstić information content (AvgIpc) is 2.34. The molecule has 0 aliphatic rings. The van der Waals surface area contributed by atoms with Crippen LogP contribution in [-0.4, -0.2) is 23.1 Å². The molecule has 0 spiro atoms. The molecule has 0 radical (unpaired) electrons. The minimum absolute atomic E-state index is 0.157. The summed E-state index contributed by atoms with van der Waals surface area (Å²) in [6, 6.07) is 0. The molecule has 0 saturated carbocycles. The fraction of sp³-hybridized carbons (Fsp3) is 0.636. The second-order valence-electron chi connectivity index (χ2n) is 3.98. The van der Waals surface area contributed by atoms with E-state index in [0.717, 1.165) is 29.7 Å². The normalized spacial score (nSPS) is 11.5. The van der Waals surface area contributed by atoms with Crippen LogP contribution in [0.5, 0.6) is 0 Å². The standard InChI is InChI=1S/C11H19BrN4/c1-3-11(4-2,6-13)7-15-10-9(12)5-14-8-16-10/h5,8H,3-4,6-7,13H2,1-2H3,(H,14,15,16). The van der Waals surface area contributed by atoms with Crippen molar-refractivity contribution in [2.24, 2.45) is 11.1 Å². The Morgan fingerprint density at radius 1 is 1.44 bits per heavy atom. The van der Waals surface area contributed by atoms with E-state index < -0.39 is 0 Å². The summed E-state index contributed by atoms with van der Waals surface area (Å²) in [5.41, 5.74) is 6.00. The molecular weight excluding hydrogens is 268 g/mol. The van der Waals surface area contributed by atoms with E-state index >= 15 is 0 Å². The molecule has 0 aliphatic carbocycles. The van der Waals surface area contributed by atoms with Gasteiger partial charge >= 0.3 is 0 Å². The predicted octanol–water partition coefficient (Wildman–Crippen LogP) is 2.42. The molecule has 90 valence electrons. The first-order valence-electron chi connectivity index (χ1n) is 5.57. The Morgan fingerprint density at radius 2 is 2.12 bits per heavy atom. The Labute approximate surface area is 105 Å². The Kier molecular flexibility index (Phi) is 5.15. The second kappa shape index (κ2) is 6.15. The number of nitrogens with zero attached hydrogens (tertiary/aromatic N) is 2. The summed E-state index contributed by atoms with van der Waals surface area (Å²) in [7, 11) is 0. The molecule has 3 N–H and O–H groups in total. The molecule has 16 heavy (non-hydrogen) atoms. The number of hydrogen-bond donors (Lipinski definition) is 2. The predicted molar refractivity (Wildman–Crippen MR) is 70.3 cm³/mol. The second-order valence-corrected chi connectivity index (χ2v) is 4.84. The molecule has 1 aromatic heterocycles. The van der Waals surface area contributed by atoms with Crippen molar-refractivity contribution in [3.8, 4) is 0 Å². The van der Waals surface area contributed by atoms with Crippen LogP contribution in [0.1, 0.15) is 26.7 Å². The van der Waals surface area contributed by atoms with E-state index in [0.29, 0.717) is 6.54 Å². The molecule has 1 rings (SSSR count). The average molecular weight is 287 g/mol. The molecule has 4 nitrogen and oxygen atoms in total. The Morgan fingerprint density at radius 3 is 2.62 bits per heavy atom. The maximum Gasteiger partial charge on any atom is 0.143 e. The largest absolute Gasteiger partial charge is 0.368 e. The zero-order valence-electron chi connectivity index (χ0n) is 9.83. The van der Waals surface area contributed by atoms with Gasteiger partial charge < -0.3 is 11.1 Å². The zero-order valence-corrected chi connectivity index (χ0v) is 11.4. The zero-order chi connectivity index (χ0) is 12.0. The van der Waals surface area contributed by atoms with Crippen molar-refractivity contribution >= 4 is 21.7 Å². The molecule has 0 saturated heterocycles. The molecule has 0 bridgehead atoms.